The van der Waals surface area contributed by atoms with Crippen molar-refractivity contribution in [2.24, 2.45) is 5.92 Å². The number of aryl methyl sites for hydroxylation is 1. The summed E-state index contributed by atoms with van der Waals surface area (Å²) in [6, 6.07) is 9.22. The van der Waals surface area contributed by atoms with Gasteiger partial charge in [-0.2, -0.15) is 10.2 Å². The van der Waals surface area contributed by atoms with E-state index in [1.807, 2.05) is 26.0 Å². The van der Waals surface area contributed by atoms with Crippen LogP contribution in [0.3, 0.4) is 0 Å². The first-order valence-corrected chi connectivity index (χ1v) is 10.5. The summed E-state index contributed by atoms with van der Waals surface area (Å²) in [7, 11) is 3.11. The van der Waals surface area contributed by atoms with Crippen LogP contribution >= 0.6 is 0 Å². The van der Waals surface area contributed by atoms with Crippen LogP contribution in [-0.2, 0) is 11.3 Å². The van der Waals surface area contributed by atoms with E-state index in [2.05, 4.69) is 38.9 Å². The zero-order chi connectivity index (χ0) is 24.1. The highest BCUT2D eigenvalue weighted by atomic mass is 16.5. The van der Waals surface area contributed by atoms with Crippen LogP contribution in [0, 0.1) is 31.1 Å². The summed E-state index contributed by atoms with van der Waals surface area (Å²) < 4.78 is 12.8. The summed E-state index contributed by atoms with van der Waals surface area (Å²) in [5.41, 5.74) is 3.54. The molecule has 0 unspecified atom stereocenters. The van der Waals surface area contributed by atoms with Crippen LogP contribution in [0.2, 0.25) is 0 Å². The monoisotopic (exact) mass is 448 g/mol. The van der Waals surface area contributed by atoms with Crippen molar-refractivity contribution in [3.63, 3.8) is 0 Å². The number of nitrogens with zero attached hydrogens (tertiary/aromatic N) is 4. The van der Waals surface area contributed by atoms with Gasteiger partial charge in [-0.1, -0.05) is 13.8 Å². The smallest absolute Gasteiger partial charge is 0.268 e. The van der Waals surface area contributed by atoms with Gasteiger partial charge in [-0.3, -0.25) is 15.2 Å². The van der Waals surface area contributed by atoms with E-state index < -0.39 is 5.91 Å². The van der Waals surface area contributed by atoms with Crippen LogP contribution in [0.25, 0.3) is 17.5 Å². The van der Waals surface area contributed by atoms with Gasteiger partial charge in [0.05, 0.1) is 19.8 Å². The van der Waals surface area contributed by atoms with Crippen molar-refractivity contribution in [3.05, 3.63) is 46.8 Å². The zero-order valence-electron chi connectivity index (χ0n) is 19.7. The molecule has 3 aromatic rings. The van der Waals surface area contributed by atoms with Gasteiger partial charge < -0.3 is 14.0 Å². The number of nitrogens with one attached hydrogen (secondary N) is 2. The van der Waals surface area contributed by atoms with Gasteiger partial charge in [0, 0.05) is 24.0 Å². The maximum atomic E-state index is 12.7. The maximum absolute atomic E-state index is 12.7. The van der Waals surface area contributed by atoms with Crippen LogP contribution in [0.4, 0.5) is 5.95 Å². The molecule has 172 valence electrons. The molecule has 0 fully saturated rings. The fourth-order valence-electron chi connectivity index (χ4n) is 3.53. The van der Waals surface area contributed by atoms with Crippen molar-refractivity contribution in [2.75, 3.05) is 19.5 Å². The van der Waals surface area contributed by atoms with E-state index in [9.17, 15) is 10.1 Å². The summed E-state index contributed by atoms with van der Waals surface area (Å²) >= 11 is 0. The highest BCUT2D eigenvalue weighted by molar-refractivity contribution is 6.09. The van der Waals surface area contributed by atoms with Crippen LogP contribution in [0.1, 0.15) is 30.8 Å². The van der Waals surface area contributed by atoms with Crippen molar-refractivity contribution in [1.29, 1.82) is 5.26 Å². The average molecular weight is 449 g/mol. The van der Waals surface area contributed by atoms with E-state index >= 15 is 0 Å². The van der Waals surface area contributed by atoms with Gasteiger partial charge in [-0.15, -0.1) is 5.10 Å². The molecule has 9 nitrogen and oxygen atoms in total. The van der Waals surface area contributed by atoms with Crippen molar-refractivity contribution >= 4 is 17.9 Å². The second-order valence-electron chi connectivity index (χ2n) is 8.03. The molecule has 0 aliphatic carbocycles. The number of ether oxygens (including phenoxy) is 2. The minimum Gasteiger partial charge on any atom is -0.497 e. The fraction of sp³-hybridized carbons (Fsp3) is 0.333. The first kappa shape index (κ1) is 23.6. The number of methoxy groups -OCH3 is 2. The number of rotatable bonds is 8. The molecule has 2 N–H and O–H groups in total. The number of carbonyl (C=O) groups excluding carboxylic acids is 1. The summed E-state index contributed by atoms with van der Waals surface area (Å²) in [4.78, 5) is 17.1. The number of benzene rings is 1. The van der Waals surface area contributed by atoms with E-state index in [1.54, 1.807) is 38.5 Å². The molecule has 9 heteroatoms. The van der Waals surface area contributed by atoms with Gasteiger partial charge in [-0.25, -0.2) is 0 Å². The fourth-order valence-corrected chi connectivity index (χ4v) is 3.53. The Labute approximate surface area is 193 Å². The van der Waals surface area contributed by atoms with Crippen molar-refractivity contribution < 1.29 is 14.3 Å². The number of aromatic nitrogens is 4. The third-order valence-electron chi connectivity index (χ3n) is 5.20. The van der Waals surface area contributed by atoms with Gasteiger partial charge in [-0.05, 0) is 49.6 Å². The molecule has 0 aliphatic rings. The number of nitriles is 1. The Kier molecular flexibility index (Phi) is 7.18. The quantitative estimate of drug-likeness (QED) is 0.395. The normalized spacial score (nSPS) is 11.4. The largest absolute Gasteiger partial charge is 0.497 e. The topological polar surface area (TPSA) is 118 Å². The van der Waals surface area contributed by atoms with E-state index in [0.717, 1.165) is 23.5 Å². The molecule has 0 bridgehead atoms. The number of anilines is 1. The lowest BCUT2D eigenvalue weighted by molar-refractivity contribution is -0.112. The summed E-state index contributed by atoms with van der Waals surface area (Å²) in [6.45, 7) is 9.16. The van der Waals surface area contributed by atoms with Gasteiger partial charge in [0.25, 0.3) is 5.91 Å². The highest BCUT2D eigenvalue weighted by Crippen LogP contribution is 2.31. The van der Waals surface area contributed by atoms with E-state index in [-0.39, 0.29) is 11.5 Å². The number of hydrogen-bond acceptors (Lipinski definition) is 6. The van der Waals surface area contributed by atoms with Crippen LogP contribution in [0.15, 0.2) is 29.8 Å². The Hall–Kier alpha value is -4.06. The minimum absolute atomic E-state index is 0.0341. The third-order valence-corrected chi connectivity index (χ3v) is 5.20. The van der Waals surface area contributed by atoms with E-state index in [4.69, 9.17) is 9.47 Å². The van der Waals surface area contributed by atoms with Gasteiger partial charge in [0.2, 0.25) is 5.95 Å². The maximum Gasteiger partial charge on any atom is 0.268 e. The molecule has 0 spiro atoms. The molecule has 2 heterocycles. The lowest BCUT2D eigenvalue weighted by Gasteiger charge is -2.12. The Morgan fingerprint density at radius 3 is 2.67 bits per heavy atom. The van der Waals surface area contributed by atoms with Gasteiger partial charge >= 0.3 is 0 Å². The number of carbonyl (C=O) groups is 1. The highest BCUT2D eigenvalue weighted by Gasteiger charge is 2.17. The predicted octanol–water partition coefficient (Wildman–Crippen LogP) is 4.11. The number of amides is 1. The first-order chi connectivity index (χ1) is 15.8. The summed E-state index contributed by atoms with van der Waals surface area (Å²) in [5, 5.41) is 19.0. The Morgan fingerprint density at radius 2 is 2.03 bits per heavy atom. The van der Waals surface area contributed by atoms with Crippen LogP contribution in [-0.4, -0.2) is 39.9 Å². The third kappa shape index (κ3) is 5.23. The molecule has 3 rings (SSSR count). The average Bonchev–Trinajstić information content (AvgIpc) is 3.36. The summed E-state index contributed by atoms with van der Waals surface area (Å²) in [6.07, 6.45) is 1.59. The van der Waals surface area contributed by atoms with Crippen molar-refractivity contribution in [1.82, 2.24) is 19.7 Å². The molecule has 1 aromatic carbocycles. The van der Waals surface area contributed by atoms with Crippen LogP contribution < -0.4 is 14.8 Å². The molecule has 2 aromatic heterocycles. The van der Waals surface area contributed by atoms with Crippen molar-refractivity contribution in [2.45, 2.75) is 34.2 Å². The second kappa shape index (κ2) is 10.0. The summed E-state index contributed by atoms with van der Waals surface area (Å²) in [5.74, 6) is 1.54. The molecular weight excluding hydrogens is 420 g/mol. The lowest BCUT2D eigenvalue weighted by Crippen LogP contribution is -2.14. The zero-order valence-corrected chi connectivity index (χ0v) is 19.7. The minimum atomic E-state index is -0.585. The standard InChI is InChI=1S/C24H28N6O3/c1-14(2)13-30-15(3)9-17(16(30)4)10-18(12-25)23(31)27-24-26-22(28-29-24)20-8-7-19(32-5)11-21(20)33-6/h7-11,14H,13H2,1-6H3,(H2,26,27,28,29,31)/b18-10+. The van der Waals surface area contributed by atoms with Crippen LogP contribution in [0.5, 0.6) is 11.5 Å². The number of hydrogen-bond donors (Lipinski definition) is 2. The van der Waals surface area contributed by atoms with E-state index in [1.165, 1.54) is 0 Å². The van der Waals surface area contributed by atoms with Gasteiger partial charge in [0.1, 0.15) is 23.1 Å². The molecule has 0 atom stereocenters. The Morgan fingerprint density at radius 1 is 1.27 bits per heavy atom. The second-order valence-corrected chi connectivity index (χ2v) is 8.03. The molecule has 1 amide bonds. The molecule has 0 saturated heterocycles. The lowest BCUT2D eigenvalue weighted by atomic mass is 10.1. The first-order valence-electron chi connectivity index (χ1n) is 10.5. The van der Waals surface area contributed by atoms with Crippen molar-refractivity contribution in [3.8, 4) is 29.0 Å². The van der Waals surface area contributed by atoms with Gasteiger partial charge in [0.15, 0.2) is 5.82 Å². The Balaban J connectivity index is 1.82. The SMILES string of the molecule is COc1ccc(-c2nc(NC(=O)/C(C#N)=C/c3cc(C)n(CC(C)C)c3C)n[nH]2)c(OC)c1. The molecule has 33 heavy (non-hydrogen) atoms. The molecule has 0 saturated carbocycles. The van der Waals surface area contributed by atoms with E-state index in [0.29, 0.717) is 28.8 Å². The molecule has 0 radical (unpaired) electrons. The molecule has 0 aliphatic heterocycles. The molecular formula is C24H28N6O3. The number of aromatic amines is 1. The predicted molar refractivity (Wildman–Crippen MR) is 126 cm³/mol. The number of H-pyrrole nitrogens is 1. The Bertz CT molecular complexity index is 1230.